The molecule has 4 heteroatoms. The standard InChI is InChI=1S/C79H50N4/c1-3-20-48(4-2)52-37-41-70-62(43-52)60-39-35-50-23-8-10-25-54(50)74(60)82(70)76-64(45-80)65(46-81)77(83-71-42-38-53(49-21-6-5-7-22-49)44-63(71)61-40-36-51-24-9-11-26-55(51)75(61)83)73-72(76)78(66-31-16-12-27-56(66)57-28-13-17-32-67(57)78)47-79(73)68-33-18-14-29-58(68)59-30-15-19-34-69(59)79/h3-44H,47H2,1-2H3. The molecule has 0 radical (unpaired) electrons. The molecule has 3 aliphatic rings. The molecule has 0 bridgehead atoms. The van der Waals surface area contributed by atoms with Gasteiger partial charge in [0.25, 0.3) is 0 Å². The van der Waals surface area contributed by atoms with Crippen molar-refractivity contribution in [3.05, 3.63) is 305 Å². The minimum absolute atomic E-state index is 0.342. The van der Waals surface area contributed by atoms with Crippen LogP contribution in [0.4, 0.5) is 0 Å². The fourth-order valence-electron chi connectivity index (χ4n) is 15.9. The summed E-state index contributed by atoms with van der Waals surface area (Å²) in [4.78, 5) is 0. The van der Waals surface area contributed by atoms with Crippen LogP contribution in [0.15, 0.2) is 255 Å². The second kappa shape index (κ2) is 17.4. The Morgan fingerprint density at radius 3 is 1.31 bits per heavy atom. The Bertz CT molecular complexity index is 5260. The predicted molar refractivity (Wildman–Crippen MR) is 342 cm³/mol. The van der Waals surface area contributed by atoms with Crippen molar-refractivity contribution < 1.29 is 0 Å². The summed E-state index contributed by atoms with van der Waals surface area (Å²) in [5.74, 6) is 0. The van der Waals surface area contributed by atoms with Gasteiger partial charge in [-0.25, -0.2) is 0 Å². The highest BCUT2D eigenvalue weighted by atomic mass is 15.0. The molecule has 0 aliphatic heterocycles. The second-order valence-electron chi connectivity index (χ2n) is 22.7. The molecule has 17 rings (SSSR count). The van der Waals surface area contributed by atoms with E-state index in [1.165, 1.54) is 44.5 Å². The van der Waals surface area contributed by atoms with E-state index >= 15 is 0 Å². The summed E-state index contributed by atoms with van der Waals surface area (Å²) in [5.41, 5.74) is 20.4. The Labute approximate surface area is 480 Å². The summed E-state index contributed by atoms with van der Waals surface area (Å²) in [5, 5.41) is 34.1. The smallest absolute Gasteiger partial charge is 0.103 e. The van der Waals surface area contributed by atoms with Crippen LogP contribution in [0.2, 0.25) is 0 Å². The molecule has 0 fully saturated rings. The number of rotatable bonds is 5. The third-order valence-corrected chi connectivity index (χ3v) is 19.0. The predicted octanol–water partition coefficient (Wildman–Crippen LogP) is 19.6. The molecule has 12 aromatic carbocycles. The van der Waals surface area contributed by atoms with Gasteiger partial charge >= 0.3 is 0 Å². The number of hydrogen-bond acceptors (Lipinski definition) is 2. The lowest BCUT2D eigenvalue weighted by Gasteiger charge is -2.34. The number of aromatic nitrogens is 2. The van der Waals surface area contributed by atoms with Gasteiger partial charge in [-0.15, -0.1) is 0 Å². The van der Waals surface area contributed by atoms with Crippen molar-refractivity contribution in [2.24, 2.45) is 0 Å². The molecule has 3 aliphatic carbocycles. The quantitative estimate of drug-likeness (QED) is 0.161. The average Bonchev–Trinajstić information content (AvgIpc) is 1.50. The first kappa shape index (κ1) is 47.1. The highest BCUT2D eigenvalue weighted by Crippen LogP contribution is 2.72. The van der Waals surface area contributed by atoms with E-state index in [1.807, 2.05) is 0 Å². The number of benzene rings is 12. The number of fused-ring (bicyclic) bond motifs is 23. The first-order chi connectivity index (χ1) is 41.0. The van der Waals surface area contributed by atoms with E-state index < -0.39 is 10.8 Å². The van der Waals surface area contributed by atoms with Gasteiger partial charge in [-0.3, -0.25) is 0 Å². The Kier molecular flexibility index (Phi) is 9.85. The molecular formula is C79H50N4. The molecule has 0 N–H and O–H groups in total. The number of nitriles is 2. The topological polar surface area (TPSA) is 57.4 Å². The molecule has 0 amide bonds. The van der Waals surface area contributed by atoms with Crippen LogP contribution in [0, 0.1) is 22.7 Å². The van der Waals surface area contributed by atoms with Gasteiger partial charge in [-0.1, -0.05) is 231 Å². The van der Waals surface area contributed by atoms with Crippen LogP contribution >= 0.6 is 0 Å². The molecule has 0 saturated carbocycles. The maximum atomic E-state index is 12.8. The molecule has 0 saturated heterocycles. The second-order valence-corrected chi connectivity index (χ2v) is 22.7. The van der Waals surface area contributed by atoms with E-state index in [0.29, 0.717) is 17.5 Å². The Morgan fingerprint density at radius 2 is 0.843 bits per heavy atom. The maximum absolute atomic E-state index is 12.8. The fraction of sp³-hybridized carbons (Fsp3) is 0.0633. The molecule has 4 nitrogen and oxygen atoms in total. The molecule has 83 heavy (non-hydrogen) atoms. The molecule has 0 unspecified atom stereocenters. The minimum atomic E-state index is -0.879. The van der Waals surface area contributed by atoms with Crippen LogP contribution in [0.3, 0.4) is 0 Å². The third kappa shape index (κ3) is 6.01. The summed E-state index contributed by atoms with van der Waals surface area (Å²) >= 11 is 0. The SMILES string of the molecule is CC=CC(=CC)c1ccc2c(c1)c1ccc3ccccc3c1n2-c1c(C#N)c(C#N)c(-n2c3ccc(-c4ccccc4)cc3c3ccc4ccccc4c32)c2c1C1(CC23c2ccccc2-c2ccccc23)c2ccccc2-c2ccccc21. The van der Waals surface area contributed by atoms with E-state index in [-0.39, 0.29) is 0 Å². The summed E-state index contributed by atoms with van der Waals surface area (Å²) in [6.07, 6.45) is 7.04. The highest BCUT2D eigenvalue weighted by molar-refractivity contribution is 6.21. The first-order valence-electron chi connectivity index (χ1n) is 28.7. The van der Waals surface area contributed by atoms with Crippen LogP contribution in [0.1, 0.15) is 70.3 Å². The van der Waals surface area contributed by atoms with Crippen LogP contribution in [-0.4, -0.2) is 9.13 Å². The molecule has 0 atom stereocenters. The van der Waals surface area contributed by atoms with Gasteiger partial charge in [-0.05, 0) is 133 Å². The van der Waals surface area contributed by atoms with Gasteiger partial charge in [0, 0.05) is 32.3 Å². The van der Waals surface area contributed by atoms with E-state index in [9.17, 15) is 10.5 Å². The molecule has 386 valence electrons. The van der Waals surface area contributed by atoms with Crippen molar-refractivity contribution >= 4 is 70.7 Å². The van der Waals surface area contributed by atoms with Crippen molar-refractivity contribution in [3.63, 3.8) is 0 Å². The van der Waals surface area contributed by atoms with Crippen LogP contribution in [0.5, 0.6) is 0 Å². The first-order valence-corrected chi connectivity index (χ1v) is 28.7. The Hall–Kier alpha value is -10.8. The summed E-state index contributed by atoms with van der Waals surface area (Å²) in [6, 6.07) is 92.5. The van der Waals surface area contributed by atoms with Crippen LogP contribution < -0.4 is 0 Å². The van der Waals surface area contributed by atoms with Crippen molar-refractivity contribution in [3.8, 4) is 56.9 Å². The number of allylic oxidation sites excluding steroid dienone is 4. The van der Waals surface area contributed by atoms with Gasteiger partial charge in [0.1, 0.15) is 12.1 Å². The van der Waals surface area contributed by atoms with Crippen molar-refractivity contribution in [2.45, 2.75) is 31.1 Å². The number of nitrogens with zero attached hydrogens (tertiary/aromatic N) is 4. The zero-order valence-electron chi connectivity index (χ0n) is 45.7. The molecule has 2 heterocycles. The monoisotopic (exact) mass is 1050 g/mol. The van der Waals surface area contributed by atoms with E-state index in [4.69, 9.17) is 0 Å². The zero-order valence-corrected chi connectivity index (χ0v) is 45.7. The molecule has 14 aromatic rings. The van der Waals surface area contributed by atoms with Gasteiger partial charge in [0.05, 0.1) is 55.4 Å². The lowest BCUT2D eigenvalue weighted by Crippen LogP contribution is -2.30. The lowest BCUT2D eigenvalue weighted by molar-refractivity contribution is 0.513. The Balaban J connectivity index is 1.18. The fourth-order valence-corrected chi connectivity index (χ4v) is 15.9. The van der Waals surface area contributed by atoms with Crippen molar-refractivity contribution in [1.82, 2.24) is 9.13 Å². The van der Waals surface area contributed by atoms with Crippen molar-refractivity contribution in [1.29, 1.82) is 10.5 Å². The van der Waals surface area contributed by atoms with Crippen LogP contribution in [0.25, 0.3) is 115 Å². The molecule has 2 aromatic heterocycles. The highest BCUT2D eigenvalue weighted by Gasteiger charge is 2.64. The van der Waals surface area contributed by atoms with E-state index in [1.54, 1.807) is 0 Å². The average molecular weight is 1060 g/mol. The normalized spacial score (nSPS) is 14.3. The minimum Gasteiger partial charge on any atom is -0.307 e. The van der Waals surface area contributed by atoms with Crippen LogP contribution in [-0.2, 0) is 10.8 Å². The van der Waals surface area contributed by atoms with Gasteiger partial charge in [0.2, 0.25) is 0 Å². The molecular weight excluding hydrogens is 1000 g/mol. The van der Waals surface area contributed by atoms with Gasteiger partial charge < -0.3 is 9.13 Å². The summed E-state index contributed by atoms with van der Waals surface area (Å²) in [6.45, 7) is 4.16. The van der Waals surface area contributed by atoms with E-state index in [0.717, 1.165) is 110 Å². The van der Waals surface area contributed by atoms with Crippen molar-refractivity contribution in [2.75, 3.05) is 0 Å². The maximum Gasteiger partial charge on any atom is 0.103 e. The van der Waals surface area contributed by atoms with Gasteiger partial charge in [0.15, 0.2) is 0 Å². The zero-order chi connectivity index (χ0) is 55.3. The lowest BCUT2D eigenvalue weighted by atomic mass is 9.67. The summed E-state index contributed by atoms with van der Waals surface area (Å²) < 4.78 is 4.85. The van der Waals surface area contributed by atoms with E-state index in [2.05, 4.69) is 290 Å². The third-order valence-electron chi connectivity index (χ3n) is 19.0. The molecule has 2 spiro atoms. The Morgan fingerprint density at radius 1 is 0.410 bits per heavy atom. The van der Waals surface area contributed by atoms with Gasteiger partial charge in [-0.2, -0.15) is 10.5 Å². The summed E-state index contributed by atoms with van der Waals surface area (Å²) in [7, 11) is 0. The largest absolute Gasteiger partial charge is 0.307 e. The number of hydrogen-bond donors (Lipinski definition) is 0.